The molecule has 22 heavy (non-hydrogen) atoms. The van der Waals surface area contributed by atoms with E-state index in [0.29, 0.717) is 17.9 Å². The number of carbonyl (C=O) groups is 1. The van der Waals surface area contributed by atoms with Gasteiger partial charge in [-0.15, -0.1) is 0 Å². The highest BCUT2D eigenvalue weighted by molar-refractivity contribution is 7.90. The normalized spacial score (nSPS) is 12.9. The van der Waals surface area contributed by atoms with Crippen LogP contribution in [0.1, 0.15) is 23.9 Å². The predicted molar refractivity (Wildman–Crippen MR) is 78.4 cm³/mol. The molecule has 7 nitrogen and oxygen atoms in total. The van der Waals surface area contributed by atoms with Gasteiger partial charge in [0.05, 0.1) is 5.69 Å². The molecule has 8 heteroatoms. The molecule has 1 N–H and O–H groups in total. The van der Waals surface area contributed by atoms with E-state index in [0.717, 1.165) is 5.56 Å². The summed E-state index contributed by atoms with van der Waals surface area (Å²) in [6.07, 6.45) is 3.01. The second kappa shape index (κ2) is 6.27. The maximum absolute atomic E-state index is 12.1. The molecule has 0 saturated carbocycles. The van der Waals surface area contributed by atoms with E-state index >= 15 is 0 Å². The summed E-state index contributed by atoms with van der Waals surface area (Å²) in [5.41, 5.74) is 1.52. The van der Waals surface area contributed by atoms with Gasteiger partial charge < -0.3 is 4.52 Å². The first kappa shape index (κ1) is 16.2. The maximum atomic E-state index is 12.1. The molecule has 0 aliphatic heterocycles. The van der Waals surface area contributed by atoms with Gasteiger partial charge in [-0.2, -0.15) is 0 Å². The van der Waals surface area contributed by atoms with Gasteiger partial charge in [0.15, 0.2) is 0 Å². The first-order chi connectivity index (χ1) is 10.3. The molecule has 0 fully saturated rings. The van der Waals surface area contributed by atoms with Gasteiger partial charge in [-0.25, -0.2) is 13.1 Å². The van der Waals surface area contributed by atoms with Gasteiger partial charge in [-0.3, -0.25) is 9.78 Å². The standard InChI is InChI=1S/C14H17N3O4S/c1-9(7-13-10(2)16-21-11(13)3)14(18)17-22(19,20)12-5-4-6-15-8-12/h4-6,8-9H,7H2,1-3H3,(H,17,18). The van der Waals surface area contributed by atoms with Crippen molar-refractivity contribution in [2.45, 2.75) is 32.1 Å². The molecule has 2 aromatic heterocycles. The first-order valence-electron chi connectivity index (χ1n) is 6.69. The van der Waals surface area contributed by atoms with Crippen molar-refractivity contribution in [3.05, 3.63) is 41.5 Å². The van der Waals surface area contributed by atoms with Crippen molar-refractivity contribution in [2.75, 3.05) is 0 Å². The number of nitrogens with zero attached hydrogens (tertiary/aromatic N) is 2. The second-order valence-electron chi connectivity index (χ2n) is 5.07. The number of hydrogen-bond donors (Lipinski definition) is 1. The lowest BCUT2D eigenvalue weighted by molar-refractivity contribution is -0.122. The number of pyridine rings is 1. The van der Waals surface area contributed by atoms with Crippen LogP contribution in [0.15, 0.2) is 33.9 Å². The Labute approximate surface area is 128 Å². The van der Waals surface area contributed by atoms with Crippen LogP contribution in [0.25, 0.3) is 0 Å². The average molecular weight is 323 g/mol. The quantitative estimate of drug-likeness (QED) is 0.891. The van der Waals surface area contributed by atoms with Crippen LogP contribution in [0, 0.1) is 19.8 Å². The van der Waals surface area contributed by atoms with Crippen LogP contribution in [-0.4, -0.2) is 24.5 Å². The molecular weight excluding hydrogens is 306 g/mol. The topological polar surface area (TPSA) is 102 Å². The van der Waals surface area contributed by atoms with Gasteiger partial charge in [-0.05, 0) is 32.4 Å². The minimum Gasteiger partial charge on any atom is -0.361 e. The van der Waals surface area contributed by atoms with Crippen LogP contribution in [0.4, 0.5) is 0 Å². The van der Waals surface area contributed by atoms with E-state index in [1.54, 1.807) is 20.8 Å². The van der Waals surface area contributed by atoms with Crippen molar-refractivity contribution in [3.8, 4) is 0 Å². The summed E-state index contributed by atoms with van der Waals surface area (Å²) in [7, 11) is -3.90. The van der Waals surface area contributed by atoms with Crippen molar-refractivity contribution in [3.63, 3.8) is 0 Å². The lowest BCUT2D eigenvalue weighted by atomic mass is 9.99. The maximum Gasteiger partial charge on any atom is 0.265 e. The third-order valence-corrected chi connectivity index (χ3v) is 4.65. The summed E-state index contributed by atoms with van der Waals surface area (Å²) in [5, 5.41) is 3.82. The number of hydrogen-bond acceptors (Lipinski definition) is 6. The fourth-order valence-electron chi connectivity index (χ4n) is 1.99. The first-order valence-corrected chi connectivity index (χ1v) is 8.18. The lowest BCUT2D eigenvalue weighted by Gasteiger charge is -2.12. The minimum atomic E-state index is -3.90. The number of carbonyl (C=O) groups excluding carboxylic acids is 1. The Balaban J connectivity index is 2.09. The highest BCUT2D eigenvalue weighted by atomic mass is 32.2. The Morgan fingerprint density at radius 2 is 2.14 bits per heavy atom. The minimum absolute atomic E-state index is 0.0483. The zero-order chi connectivity index (χ0) is 16.3. The summed E-state index contributed by atoms with van der Waals surface area (Å²) in [5.74, 6) is -0.487. The Bertz CT molecular complexity index is 749. The molecule has 118 valence electrons. The fourth-order valence-corrected chi connectivity index (χ4v) is 3.03. The van der Waals surface area contributed by atoms with Crippen molar-refractivity contribution in [1.29, 1.82) is 0 Å². The molecule has 0 aliphatic rings. The average Bonchev–Trinajstić information content (AvgIpc) is 2.79. The number of sulfonamides is 1. The summed E-state index contributed by atoms with van der Waals surface area (Å²) >= 11 is 0. The Morgan fingerprint density at radius 3 is 2.68 bits per heavy atom. The number of aromatic nitrogens is 2. The summed E-state index contributed by atoms with van der Waals surface area (Å²) < 4.78 is 31.3. The molecule has 0 aromatic carbocycles. The van der Waals surface area contributed by atoms with Crippen molar-refractivity contribution >= 4 is 15.9 Å². The number of aryl methyl sites for hydroxylation is 2. The molecule has 2 heterocycles. The third kappa shape index (κ3) is 3.51. The van der Waals surface area contributed by atoms with E-state index in [2.05, 4.69) is 14.9 Å². The predicted octanol–water partition coefficient (Wildman–Crippen LogP) is 1.37. The van der Waals surface area contributed by atoms with E-state index < -0.39 is 21.8 Å². The summed E-state index contributed by atoms with van der Waals surface area (Å²) in [4.78, 5) is 15.8. The van der Waals surface area contributed by atoms with E-state index in [-0.39, 0.29) is 4.90 Å². The number of nitrogens with one attached hydrogen (secondary N) is 1. The number of rotatable bonds is 5. The molecule has 2 aromatic rings. The van der Waals surface area contributed by atoms with Gasteiger partial charge in [0.1, 0.15) is 10.7 Å². The molecule has 0 spiro atoms. The van der Waals surface area contributed by atoms with Crippen LogP contribution in [0.2, 0.25) is 0 Å². The molecule has 1 atom stereocenters. The molecule has 1 unspecified atom stereocenters. The Hall–Kier alpha value is -2.22. The van der Waals surface area contributed by atoms with Crippen LogP contribution < -0.4 is 4.72 Å². The zero-order valence-electron chi connectivity index (χ0n) is 12.5. The van der Waals surface area contributed by atoms with Gasteiger partial charge >= 0.3 is 0 Å². The highest BCUT2D eigenvalue weighted by Gasteiger charge is 2.23. The van der Waals surface area contributed by atoms with Gasteiger partial charge in [0.25, 0.3) is 10.0 Å². The van der Waals surface area contributed by atoms with E-state index in [1.807, 2.05) is 0 Å². The van der Waals surface area contributed by atoms with Crippen LogP contribution >= 0.6 is 0 Å². The molecule has 1 amide bonds. The van der Waals surface area contributed by atoms with Crippen molar-refractivity contribution in [1.82, 2.24) is 14.9 Å². The van der Waals surface area contributed by atoms with Gasteiger partial charge in [0, 0.05) is 23.9 Å². The summed E-state index contributed by atoms with van der Waals surface area (Å²) in [6.45, 7) is 5.19. The lowest BCUT2D eigenvalue weighted by Crippen LogP contribution is -2.35. The molecule has 0 saturated heterocycles. The molecular formula is C14H17N3O4S. The van der Waals surface area contributed by atoms with Crippen LogP contribution in [0.3, 0.4) is 0 Å². The van der Waals surface area contributed by atoms with E-state index in [1.165, 1.54) is 24.5 Å². The molecule has 0 radical (unpaired) electrons. The van der Waals surface area contributed by atoms with Crippen LogP contribution in [0.5, 0.6) is 0 Å². The zero-order valence-corrected chi connectivity index (χ0v) is 13.3. The third-order valence-electron chi connectivity index (χ3n) is 3.32. The Morgan fingerprint density at radius 1 is 1.41 bits per heavy atom. The van der Waals surface area contributed by atoms with Crippen molar-refractivity contribution < 1.29 is 17.7 Å². The largest absolute Gasteiger partial charge is 0.361 e. The monoisotopic (exact) mass is 323 g/mol. The highest BCUT2D eigenvalue weighted by Crippen LogP contribution is 2.17. The fraction of sp³-hybridized carbons (Fsp3) is 0.357. The number of amides is 1. The van der Waals surface area contributed by atoms with Crippen molar-refractivity contribution in [2.24, 2.45) is 5.92 Å². The van der Waals surface area contributed by atoms with E-state index in [9.17, 15) is 13.2 Å². The van der Waals surface area contributed by atoms with E-state index in [4.69, 9.17) is 4.52 Å². The smallest absolute Gasteiger partial charge is 0.265 e. The molecule has 0 bridgehead atoms. The molecule has 0 aliphatic carbocycles. The second-order valence-corrected chi connectivity index (χ2v) is 6.75. The SMILES string of the molecule is Cc1noc(C)c1CC(C)C(=O)NS(=O)(=O)c1cccnc1. The van der Waals surface area contributed by atoms with Crippen LogP contribution in [-0.2, 0) is 21.2 Å². The molecule has 2 rings (SSSR count). The summed E-state index contributed by atoms with van der Waals surface area (Å²) in [6, 6.07) is 2.87. The van der Waals surface area contributed by atoms with Gasteiger partial charge in [0.2, 0.25) is 5.91 Å². The Kier molecular flexibility index (Phi) is 4.60. The van der Waals surface area contributed by atoms with Gasteiger partial charge in [-0.1, -0.05) is 12.1 Å².